The SMILES string of the molecule is COC(=O)NC(C(=O)NC(Cc1ccc(C#Cc2ccc(N3CC4CCC(C3)N4C3COC3)nc2)cc1)C(O)CN(Cc1c(F)cc(-c2cc(OC3COC3)ccn2)cc1F)NC(=O)C(NC(=O)O)C(C)(C)C(F)(F)F)C(C)(C)C(F)(F)F. The lowest BCUT2D eigenvalue weighted by molar-refractivity contribution is -0.221. The van der Waals surface area contributed by atoms with E-state index in [1.54, 1.807) is 18.3 Å². The van der Waals surface area contributed by atoms with Crippen LogP contribution in [0.25, 0.3) is 11.3 Å². The summed E-state index contributed by atoms with van der Waals surface area (Å²) in [4.78, 5) is 66.1. The van der Waals surface area contributed by atoms with E-state index in [2.05, 4.69) is 41.7 Å². The van der Waals surface area contributed by atoms with E-state index >= 15 is 8.78 Å². The van der Waals surface area contributed by atoms with Crippen LogP contribution in [0.15, 0.2) is 73.1 Å². The summed E-state index contributed by atoms with van der Waals surface area (Å²) < 4.78 is 141. The summed E-state index contributed by atoms with van der Waals surface area (Å²) in [5.74, 6) is 1.36. The van der Waals surface area contributed by atoms with E-state index in [1.165, 1.54) is 35.8 Å². The van der Waals surface area contributed by atoms with Gasteiger partial charge < -0.3 is 50.0 Å². The number of aromatic nitrogens is 2. The first-order valence-electron chi connectivity index (χ1n) is 26.5. The molecule has 6 heterocycles. The Morgan fingerprint density at radius 3 is 1.89 bits per heavy atom. The second kappa shape index (κ2) is 25.2. The highest BCUT2D eigenvalue weighted by Crippen LogP contribution is 2.42. The molecule has 6 atom stereocenters. The summed E-state index contributed by atoms with van der Waals surface area (Å²) in [6.07, 6.45) is -11.6. The highest BCUT2D eigenvalue weighted by atomic mass is 19.4. The Labute approximate surface area is 472 Å². The standard InChI is InChI=1S/C56H63F8N9O10/c1-53(2,55(59,60)61)47(69-52(79)80-5)49(75)67-44(18-32-9-6-31(7-10-32)8-11-33-12-15-46(66-22-33)71-23-35-13-14-36(24-71)73(35)37-27-81-28-37)45(74)26-72(70-50(76)48(68-51(77)78)54(3,4)56(62,63)64)25-40-41(57)19-34(20-42(40)58)43-21-38(16-17-65-43)83-39-29-82-30-39/h6-7,9-10,12,15-17,19-22,35-37,39,44-45,47-48,68,74H,13-14,18,23-30H2,1-5H3,(H,67,75)(H,69,79)(H,70,76)(H,77,78). The molecule has 448 valence electrons. The lowest BCUT2D eigenvalue weighted by Gasteiger charge is -2.47. The van der Waals surface area contributed by atoms with Gasteiger partial charge in [0.2, 0.25) is 5.91 Å². The first kappa shape index (κ1) is 61.7. The van der Waals surface area contributed by atoms with Gasteiger partial charge in [-0.25, -0.2) is 28.4 Å². The molecule has 4 aliphatic rings. The number of aliphatic hydroxyl groups is 1. The molecular formula is C56H63F8N9O10. The number of pyridine rings is 2. The summed E-state index contributed by atoms with van der Waals surface area (Å²) in [5.41, 5.74) is -3.70. The van der Waals surface area contributed by atoms with E-state index in [4.69, 9.17) is 14.2 Å². The molecule has 0 spiro atoms. The molecule has 6 unspecified atom stereocenters. The molecule has 0 aliphatic carbocycles. The van der Waals surface area contributed by atoms with Crippen molar-refractivity contribution in [3.8, 4) is 28.8 Å². The fourth-order valence-electron chi connectivity index (χ4n) is 10.1. The summed E-state index contributed by atoms with van der Waals surface area (Å²) in [6.45, 7) is 3.87. The maximum Gasteiger partial charge on any atom is 0.407 e. The van der Waals surface area contributed by atoms with Crippen molar-refractivity contribution in [2.24, 2.45) is 10.8 Å². The molecule has 0 saturated carbocycles. The Balaban J connectivity index is 1.07. The van der Waals surface area contributed by atoms with Gasteiger partial charge in [-0.2, -0.15) is 26.3 Å². The second-order valence-corrected chi connectivity index (χ2v) is 22.0. The smallest absolute Gasteiger partial charge is 0.407 e. The highest BCUT2D eigenvalue weighted by molar-refractivity contribution is 5.87. The maximum absolute atomic E-state index is 16.3. The highest BCUT2D eigenvalue weighted by Gasteiger charge is 2.57. The number of ether oxygens (including phenoxy) is 4. The topological polar surface area (TPSA) is 229 Å². The molecule has 8 rings (SSSR count). The van der Waals surface area contributed by atoms with Gasteiger partial charge in [-0.3, -0.25) is 24.9 Å². The number of carbonyl (C=O) groups is 4. The predicted molar refractivity (Wildman–Crippen MR) is 281 cm³/mol. The summed E-state index contributed by atoms with van der Waals surface area (Å²) in [6, 6.07) is 8.97. The summed E-state index contributed by atoms with van der Waals surface area (Å²) >= 11 is 0. The van der Waals surface area contributed by atoms with Gasteiger partial charge in [0, 0.05) is 79.0 Å². The average molecular weight is 1170 g/mol. The van der Waals surface area contributed by atoms with Crippen LogP contribution in [0.1, 0.15) is 62.8 Å². The van der Waals surface area contributed by atoms with Crippen LogP contribution >= 0.6 is 0 Å². The number of aliphatic hydroxyl groups excluding tert-OH is 1. The largest absolute Gasteiger partial charge is 0.485 e. The van der Waals surface area contributed by atoms with Gasteiger partial charge in [0.15, 0.2) is 0 Å². The maximum atomic E-state index is 16.3. The number of anilines is 1. The monoisotopic (exact) mass is 1170 g/mol. The number of carboxylic acid groups (broad SMARTS) is 1. The number of nitrogens with zero attached hydrogens (tertiary/aromatic N) is 5. The number of hydrogen-bond acceptors (Lipinski definition) is 14. The zero-order valence-corrected chi connectivity index (χ0v) is 45.7. The molecule has 4 aromatic rings. The number of amides is 4. The first-order valence-corrected chi connectivity index (χ1v) is 26.5. The van der Waals surface area contributed by atoms with E-state index in [1.807, 2.05) is 22.9 Å². The van der Waals surface area contributed by atoms with Gasteiger partial charge in [-0.1, -0.05) is 24.0 Å². The van der Waals surface area contributed by atoms with Gasteiger partial charge in [-0.05, 0) is 95.0 Å². The Bertz CT molecular complexity index is 3010. The lowest BCUT2D eigenvalue weighted by atomic mass is 9.82. The molecule has 4 fully saturated rings. The number of piperazine rings is 1. The van der Waals surface area contributed by atoms with Crippen LogP contribution in [0.4, 0.5) is 50.5 Å². The molecule has 4 saturated heterocycles. The van der Waals surface area contributed by atoms with E-state index in [0.717, 1.165) is 64.2 Å². The molecule has 0 radical (unpaired) electrons. The zero-order valence-electron chi connectivity index (χ0n) is 45.7. The Hall–Kier alpha value is -7.38. The number of halogens is 8. The van der Waals surface area contributed by atoms with Crippen LogP contribution in [-0.2, 0) is 36.8 Å². The molecule has 27 heteroatoms. The van der Waals surface area contributed by atoms with E-state index < -0.39 is 108 Å². The third-order valence-electron chi connectivity index (χ3n) is 15.5. The third kappa shape index (κ3) is 14.5. The van der Waals surface area contributed by atoms with Crippen LogP contribution < -0.4 is 31.0 Å². The summed E-state index contributed by atoms with van der Waals surface area (Å²) in [5, 5.41) is 27.9. The summed E-state index contributed by atoms with van der Waals surface area (Å²) in [7, 11) is 0.835. The van der Waals surface area contributed by atoms with Gasteiger partial charge in [-0.15, -0.1) is 0 Å². The van der Waals surface area contributed by atoms with Crippen molar-refractivity contribution in [1.82, 2.24) is 41.3 Å². The van der Waals surface area contributed by atoms with Crippen molar-refractivity contribution in [2.75, 3.05) is 58.1 Å². The molecule has 2 aromatic heterocycles. The van der Waals surface area contributed by atoms with Crippen molar-refractivity contribution in [3.63, 3.8) is 0 Å². The number of methoxy groups -OCH3 is 1. The number of hydrazine groups is 1. The number of benzene rings is 2. The fraction of sp³-hybridized carbons (Fsp3) is 0.500. The minimum Gasteiger partial charge on any atom is -0.485 e. The number of alkyl halides is 6. The molecule has 2 bridgehead atoms. The Morgan fingerprint density at radius 2 is 1.36 bits per heavy atom. The third-order valence-corrected chi connectivity index (χ3v) is 15.5. The number of alkyl carbamates (subject to hydrolysis) is 1. The van der Waals surface area contributed by atoms with Crippen LogP contribution in [0.2, 0.25) is 0 Å². The normalized spacial score (nSPS) is 19.2. The van der Waals surface area contributed by atoms with Crippen LogP contribution in [0.5, 0.6) is 5.75 Å². The molecule has 6 N–H and O–H groups in total. The Morgan fingerprint density at radius 1 is 0.771 bits per heavy atom. The minimum atomic E-state index is -5.25. The molecule has 2 aromatic carbocycles. The first-order chi connectivity index (χ1) is 39.1. The molecule has 4 aliphatic heterocycles. The molecule has 83 heavy (non-hydrogen) atoms. The van der Waals surface area contributed by atoms with E-state index in [0.29, 0.717) is 86.5 Å². The van der Waals surface area contributed by atoms with Gasteiger partial charge in [0.25, 0.3) is 5.91 Å². The average Bonchev–Trinajstić information content (AvgIpc) is 3.52. The van der Waals surface area contributed by atoms with E-state index in [9.17, 15) is 55.7 Å². The van der Waals surface area contributed by atoms with Crippen LogP contribution in [0, 0.1) is 34.3 Å². The Kier molecular flexibility index (Phi) is 18.7. The van der Waals surface area contributed by atoms with Crippen LogP contribution in [0.3, 0.4) is 0 Å². The number of carbonyl (C=O) groups excluding carboxylic acids is 3. The predicted octanol–water partition coefficient (Wildman–Crippen LogP) is 6.11. The number of hydrogen-bond donors (Lipinski definition) is 6. The van der Waals surface area contributed by atoms with Crippen molar-refractivity contribution in [2.45, 2.75) is 114 Å². The quantitative estimate of drug-likeness (QED) is 0.0333. The fourth-order valence-corrected chi connectivity index (χ4v) is 10.1. The lowest BCUT2D eigenvalue weighted by Crippen LogP contribution is -2.63. The molecule has 4 amide bonds. The van der Waals surface area contributed by atoms with Gasteiger partial charge in [0.05, 0.1) is 68.2 Å². The minimum absolute atomic E-state index is 0.0472. The van der Waals surface area contributed by atoms with Crippen molar-refractivity contribution in [1.29, 1.82) is 0 Å². The molecule has 19 nitrogen and oxygen atoms in total. The number of fused-ring (bicyclic) bond motifs is 2. The van der Waals surface area contributed by atoms with Crippen LogP contribution in [-0.4, -0.2) is 168 Å². The number of rotatable bonds is 20. The van der Waals surface area contributed by atoms with Crippen molar-refractivity contribution < 1.29 is 83.5 Å². The van der Waals surface area contributed by atoms with Crippen molar-refractivity contribution in [3.05, 3.63) is 107 Å². The number of nitrogens with one attached hydrogen (secondary N) is 4. The van der Waals surface area contributed by atoms with E-state index in [-0.39, 0.29) is 17.4 Å². The van der Waals surface area contributed by atoms with Gasteiger partial charge in [0.1, 0.15) is 41.4 Å². The molecular weight excluding hydrogens is 1110 g/mol. The zero-order chi connectivity index (χ0) is 60.2. The van der Waals surface area contributed by atoms with Gasteiger partial charge >= 0.3 is 24.5 Å². The van der Waals surface area contributed by atoms with Crippen molar-refractivity contribution >= 4 is 29.8 Å². The second-order valence-electron chi connectivity index (χ2n) is 22.0.